The maximum Gasteiger partial charge on any atom is 0.573 e. The van der Waals surface area contributed by atoms with Crippen LogP contribution in [0, 0.1) is 0 Å². The van der Waals surface area contributed by atoms with Gasteiger partial charge in [-0.25, -0.2) is 4.79 Å². The number of hydrogen-bond donors (Lipinski definition) is 0. The van der Waals surface area contributed by atoms with E-state index in [1.165, 1.54) is 6.92 Å². The van der Waals surface area contributed by atoms with Crippen molar-refractivity contribution in [3.05, 3.63) is 29.3 Å². The van der Waals surface area contributed by atoms with Crippen molar-refractivity contribution < 1.29 is 45.3 Å². The number of rotatable bonds is 3. The summed E-state index contributed by atoms with van der Waals surface area (Å²) < 4.78 is 88.9. The molecule has 0 saturated carbocycles. The lowest BCUT2D eigenvalue weighted by atomic mass is 10.0. The number of benzene rings is 1. The molecule has 11 heteroatoms. The summed E-state index contributed by atoms with van der Waals surface area (Å²) >= 11 is 5.41. The quantitative estimate of drug-likeness (QED) is 0.435. The van der Waals surface area contributed by atoms with E-state index in [1.807, 2.05) is 0 Å². The first-order chi connectivity index (χ1) is 11.4. The molecule has 0 aromatic heterocycles. The Morgan fingerprint density at radius 1 is 1.24 bits per heavy atom. The van der Waals surface area contributed by atoms with Crippen molar-refractivity contribution in [3.63, 3.8) is 0 Å². The minimum absolute atomic E-state index is 0.212. The zero-order chi connectivity index (χ0) is 19.0. The molecule has 0 amide bonds. The highest BCUT2D eigenvalue weighted by atomic mass is 35.5. The number of hydrogen-bond acceptors (Lipinski definition) is 4. The van der Waals surface area contributed by atoms with E-state index in [1.54, 1.807) is 0 Å². The number of esters is 1. The molecule has 25 heavy (non-hydrogen) atoms. The lowest BCUT2D eigenvalue weighted by molar-refractivity contribution is -0.274. The molecule has 0 spiro atoms. The van der Waals surface area contributed by atoms with Crippen molar-refractivity contribution in [2.24, 2.45) is 0 Å². The van der Waals surface area contributed by atoms with E-state index in [4.69, 9.17) is 16.3 Å². The molecule has 4 nitrogen and oxygen atoms in total. The summed E-state index contributed by atoms with van der Waals surface area (Å²) in [6, 6.07) is 2.45. The number of halogens is 7. The molecule has 2 rings (SSSR count). The lowest BCUT2D eigenvalue weighted by Gasteiger charge is -2.28. The van der Waals surface area contributed by atoms with E-state index in [9.17, 15) is 31.1 Å². The predicted molar refractivity (Wildman–Crippen MR) is 73.0 cm³/mol. The summed E-state index contributed by atoms with van der Waals surface area (Å²) in [5.74, 6) is -2.46. The zero-order valence-corrected chi connectivity index (χ0v) is 13.0. The van der Waals surface area contributed by atoms with E-state index in [2.05, 4.69) is 9.47 Å². The van der Waals surface area contributed by atoms with Gasteiger partial charge in [-0.15, -0.1) is 13.2 Å². The van der Waals surface area contributed by atoms with Crippen LogP contribution in [-0.4, -0.2) is 30.2 Å². The number of carbonyl (C=O) groups is 1. The van der Waals surface area contributed by atoms with Gasteiger partial charge in [0.1, 0.15) is 11.5 Å². The van der Waals surface area contributed by atoms with Crippen LogP contribution in [0.4, 0.5) is 26.3 Å². The van der Waals surface area contributed by atoms with Gasteiger partial charge in [-0.05, 0) is 31.2 Å². The third kappa shape index (κ3) is 4.94. The molecular formula is C14H9ClF6O4. The fraction of sp³-hybridized carbons (Fsp3) is 0.357. The van der Waals surface area contributed by atoms with E-state index >= 15 is 0 Å². The molecule has 1 heterocycles. The van der Waals surface area contributed by atoms with Gasteiger partial charge in [-0.1, -0.05) is 11.6 Å². The fourth-order valence-corrected chi connectivity index (χ4v) is 2.08. The topological polar surface area (TPSA) is 44.8 Å². The van der Waals surface area contributed by atoms with E-state index < -0.39 is 41.5 Å². The van der Waals surface area contributed by atoms with Crippen LogP contribution >= 0.6 is 11.6 Å². The first-order valence-corrected chi connectivity index (χ1v) is 7.00. The van der Waals surface area contributed by atoms with Gasteiger partial charge in [0, 0.05) is 5.56 Å². The maximum atomic E-state index is 13.1. The van der Waals surface area contributed by atoms with Crippen molar-refractivity contribution in [2.45, 2.75) is 31.1 Å². The Morgan fingerprint density at radius 3 is 2.40 bits per heavy atom. The van der Waals surface area contributed by atoms with Gasteiger partial charge in [0.15, 0.2) is 5.56 Å². The maximum absolute atomic E-state index is 13.1. The molecular weight excluding hydrogens is 382 g/mol. The molecule has 0 saturated heterocycles. The summed E-state index contributed by atoms with van der Waals surface area (Å²) in [4.78, 5) is 11.8. The van der Waals surface area contributed by atoms with Gasteiger partial charge >= 0.3 is 18.5 Å². The molecule has 0 fully saturated rings. The summed E-state index contributed by atoms with van der Waals surface area (Å²) in [6.45, 7) is 1.20. The number of alkyl halides is 7. The second kappa shape index (κ2) is 6.66. The molecule has 2 atom stereocenters. The minimum atomic E-state index is -4.99. The number of fused-ring (bicyclic) bond motifs is 1. The van der Waals surface area contributed by atoms with Gasteiger partial charge < -0.3 is 14.2 Å². The molecule has 1 aromatic rings. The SMILES string of the molecule is CC(Cl)OC(=O)C1=Cc2cc(OC(F)(F)F)ccc2O[C@@H]1C(F)(F)F. The average Bonchev–Trinajstić information content (AvgIpc) is 2.42. The van der Waals surface area contributed by atoms with Gasteiger partial charge in [0.2, 0.25) is 6.10 Å². The van der Waals surface area contributed by atoms with Crippen molar-refractivity contribution in [3.8, 4) is 11.5 Å². The van der Waals surface area contributed by atoms with Crippen LogP contribution in [-0.2, 0) is 9.53 Å². The molecule has 1 aliphatic heterocycles. The second-order valence-corrected chi connectivity index (χ2v) is 5.45. The zero-order valence-electron chi connectivity index (χ0n) is 12.2. The van der Waals surface area contributed by atoms with E-state index in [0.29, 0.717) is 0 Å². The van der Waals surface area contributed by atoms with Crippen LogP contribution in [0.2, 0.25) is 0 Å². The molecule has 0 radical (unpaired) electrons. The highest BCUT2D eigenvalue weighted by Crippen LogP contribution is 2.39. The molecule has 0 N–H and O–H groups in total. The van der Waals surface area contributed by atoms with Crippen molar-refractivity contribution in [2.75, 3.05) is 0 Å². The van der Waals surface area contributed by atoms with Crippen molar-refractivity contribution >= 4 is 23.6 Å². The average molecular weight is 391 g/mol. The lowest BCUT2D eigenvalue weighted by Crippen LogP contribution is -2.41. The smallest absolute Gasteiger partial charge is 0.475 e. The first kappa shape index (κ1) is 19.2. The standard InChI is InChI=1S/C14H9ClF6O4/c1-6(15)23-12(22)9-5-7-4-8(25-14(19,20)21)2-3-10(7)24-11(9)13(16,17)18/h2-6,11H,1H3/t6?,11-/m0/s1. The highest BCUT2D eigenvalue weighted by Gasteiger charge is 2.49. The van der Waals surface area contributed by atoms with Crippen LogP contribution < -0.4 is 9.47 Å². The van der Waals surface area contributed by atoms with Gasteiger partial charge in [-0.3, -0.25) is 0 Å². The Labute approximate surface area is 141 Å². The largest absolute Gasteiger partial charge is 0.573 e. The monoisotopic (exact) mass is 390 g/mol. The highest BCUT2D eigenvalue weighted by molar-refractivity contribution is 6.20. The molecule has 1 aliphatic rings. The molecule has 1 aromatic carbocycles. The third-order valence-electron chi connectivity index (χ3n) is 2.86. The Morgan fingerprint density at radius 2 is 1.88 bits per heavy atom. The Balaban J connectivity index is 2.44. The Kier molecular flexibility index (Phi) is 5.12. The fourth-order valence-electron chi connectivity index (χ4n) is 2.00. The van der Waals surface area contributed by atoms with Crippen LogP contribution in [0.15, 0.2) is 23.8 Å². The van der Waals surface area contributed by atoms with Crippen LogP contribution in [0.5, 0.6) is 11.5 Å². The summed E-state index contributed by atoms with van der Waals surface area (Å²) in [5, 5.41) is 0. The molecule has 138 valence electrons. The van der Waals surface area contributed by atoms with Crippen LogP contribution in [0.25, 0.3) is 6.08 Å². The second-order valence-electron chi connectivity index (χ2n) is 4.83. The Hall–Kier alpha value is -2.10. The molecule has 0 aliphatic carbocycles. The van der Waals surface area contributed by atoms with Gasteiger partial charge in [0.25, 0.3) is 0 Å². The van der Waals surface area contributed by atoms with Crippen molar-refractivity contribution in [1.29, 1.82) is 0 Å². The summed E-state index contributed by atoms with van der Waals surface area (Å²) in [7, 11) is 0. The van der Waals surface area contributed by atoms with Gasteiger partial charge in [0.05, 0.1) is 5.57 Å². The summed E-state index contributed by atoms with van der Waals surface area (Å²) in [6.07, 6.45) is -11.9. The van der Waals surface area contributed by atoms with E-state index in [-0.39, 0.29) is 11.3 Å². The van der Waals surface area contributed by atoms with Crippen molar-refractivity contribution in [1.82, 2.24) is 0 Å². The first-order valence-electron chi connectivity index (χ1n) is 6.56. The third-order valence-corrected chi connectivity index (χ3v) is 2.94. The van der Waals surface area contributed by atoms with E-state index in [0.717, 1.165) is 24.3 Å². The van der Waals surface area contributed by atoms with Gasteiger partial charge in [-0.2, -0.15) is 13.2 Å². The normalized spacial score (nSPS) is 18.6. The predicted octanol–water partition coefficient (Wildman–Crippen LogP) is 4.42. The van der Waals surface area contributed by atoms with Crippen LogP contribution in [0.3, 0.4) is 0 Å². The molecule has 0 bridgehead atoms. The minimum Gasteiger partial charge on any atom is -0.475 e. The number of ether oxygens (including phenoxy) is 3. The summed E-state index contributed by atoms with van der Waals surface area (Å²) in [5.41, 5.74) is -2.38. The Bertz CT molecular complexity index is 696. The van der Waals surface area contributed by atoms with Crippen LogP contribution in [0.1, 0.15) is 12.5 Å². The number of carbonyl (C=O) groups excluding carboxylic acids is 1. The molecule has 1 unspecified atom stereocenters.